The molecule has 112 valence electrons. The van der Waals surface area contributed by atoms with Crippen LogP contribution in [-0.4, -0.2) is 40.0 Å². The minimum absolute atomic E-state index is 0.0701. The molecule has 22 heavy (non-hydrogen) atoms. The molecule has 1 aromatic rings. The summed E-state index contributed by atoms with van der Waals surface area (Å²) in [5.74, 6) is -2.74. The Morgan fingerprint density at radius 2 is 1.77 bits per heavy atom. The number of imide groups is 1. The average molecular weight is 300 g/mol. The zero-order valence-electron chi connectivity index (χ0n) is 11.3. The second-order valence-corrected chi connectivity index (χ2v) is 5.50. The van der Waals surface area contributed by atoms with Crippen LogP contribution in [0.5, 0.6) is 5.75 Å². The zero-order chi connectivity index (χ0) is 15.4. The summed E-state index contributed by atoms with van der Waals surface area (Å²) < 4.78 is 5.51. The summed E-state index contributed by atoms with van der Waals surface area (Å²) >= 11 is 0. The van der Waals surface area contributed by atoms with Crippen LogP contribution in [0.25, 0.3) is 0 Å². The first kappa shape index (κ1) is 13.0. The molecule has 4 atom stereocenters. The molecule has 3 heterocycles. The molecule has 3 aliphatic heterocycles. The number of fused-ring (bicyclic) bond motifs is 5. The van der Waals surface area contributed by atoms with Gasteiger partial charge in [-0.05, 0) is 18.2 Å². The van der Waals surface area contributed by atoms with Crippen molar-refractivity contribution in [3.63, 3.8) is 0 Å². The number of hydrogen-bond donors (Lipinski definition) is 2. The van der Waals surface area contributed by atoms with Gasteiger partial charge in [0, 0.05) is 5.56 Å². The van der Waals surface area contributed by atoms with Crippen molar-refractivity contribution in [1.82, 2.24) is 10.4 Å². The molecule has 3 aliphatic rings. The Morgan fingerprint density at radius 3 is 2.36 bits per heavy atom. The fraction of sp³-hybridized carbons (Fsp3) is 0.267. The Bertz CT molecular complexity index is 698. The van der Waals surface area contributed by atoms with Gasteiger partial charge in [0.1, 0.15) is 5.75 Å². The Labute approximate surface area is 125 Å². The molecule has 0 spiro atoms. The number of benzene rings is 1. The number of hydrazine groups is 1. The number of aromatic hydroxyl groups is 1. The van der Waals surface area contributed by atoms with Crippen molar-refractivity contribution >= 4 is 17.7 Å². The van der Waals surface area contributed by atoms with Crippen LogP contribution in [0.4, 0.5) is 0 Å². The van der Waals surface area contributed by atoms with Gasteiger partial charge in [0.2, 0.25) is 0 Å². The highest BCUT2D eigenvalue weighted by molar-refractivity contribution is 6.09. The number of phenolic OH excluding ortho intramolecular Hbond substituents is 1. The Balaban J connectivity index is 1.56. The molecule has 0 unspecified atom stereocenters. The summed E-state index contributed by atoms with van der Waals surface area (Å²) in [5, 5.41) is 10.2. The van der Waals surface area contributed by atoms with Crippen LogP contribution < -0.4 is 5.43 Å². The smallest absolute Gasteiger partial charge is 0.270 e. The van der Waals surface area contributed by atoms with Crippen molar-refractivity contribution in [3.8, 4) is 5.75 Å². The standard InChI is InChI=1S/C15H12N2O5/c18-8-3-1-2-7(6-8)13(19)16-17-14(20)11-9-4-5-10(22-9)12(11)15(17)21/h1-6,9-12,18H,(H,16,19)/t9-,10+,11-,12-/m1/s1. The van der Waals surface area contributed by atoms with Crippen LogP contribution in [0.1, 0.15) is 10.4 Å². The lowest BCUT2D eigenvalue weighted by molar-refractivity contribution is -0.145. The predicted molar refractivity (Wildman–Crippen MR) is 72.2 cm³/mol. The van der Waals surface area contributed by atoms with Crippen molar-refractivity contribution in [2.45, 2.75) is 12.2 Å². The van der Waals surface area contributed by atoms with Gasteiger partial charge in [-0.3, -0.25) is 19.8 Å². The van der Waals surface area contributed by atoms with Crippen LogP contribution >= 0.6 is 0 Å². The predicted octanol–water partition coefficient (Wildman–Crippen LogP) is -0.0246. The van der Waals surface area contributed by atoms with Crippen LogP contribution in [0.2, 0.25) is 0 Å². The number of hydrogen-bond acceptors (Lipinski definition) is 5. The molecule has 2 saturated heterocycles. The second kappa shape index (κ2) is 4.41. The Kier molecular flexibility index (Phi) is 2.61. The number of carbonyl (C=O) groups excluding carboxylic acids is 3. The van der Waals surface area contributed by atoms with Gasteiger partial charge in [-0.2, -0.15) is 5.01 Å². The molecule has 0 aromatic heterocycles. The molecule has 7 heteroatoms. The van der Waals surface area contributed by atoms with Crippen LogP contribution in [0.15, 0.2) is 36.4 Å². The number of nitrogens with zero attached hydrogens (tertiary/aromatic N) is 1. The maximum atomic E-state index is 12.3. The fourth-order valence-electron chi connectivity index (χ4n) is 3.23. The van der Waals surface area contributed by atoms with E-state index in [1.165, 1.54) is 24.3 Å². The largest absolute Gasteiger partial charge is 0.508 e. The van der Waals surface area contributed by atoms with E-state index < -0.39 is 41.8 Å². The van der Waals surface area contributed by atoms with E-state index in [1.807, 2.05) is 0 Å². The molecule has 2 bridgehead atoms. The second-order valence-electron chi connectivity index (χ2n) is 5.50. The molecular formula is C15H12N2O5. The molecule has 7 nitrogen and oxygen atoms in total. The maximum absolute atomic E-state index is 12.3. The Morgan fingerprint density at radius 1 is 1.14 bits per heavy atom. The third kappa shape index (κ3) is 1.69. The van der Waals surface area contributed by atoms with Crippen molar-refractivity contribution < 1.29 is 24.2 Å². The van der Waals surface area contributed by atoms with Crippen molar-refractivity contribution in [3.05, 3.63) is 42.0 Å². The van der Waals surface area contributed by atoms with Gasteiger partial charge in [-0.1, -0.05) is 18.2 Å². The third-order valence-electron chi connectivity index (χ3n) is 4.23. The zero-order valence-corrected chi connectivity index (χ0v) is 11.3. The lowest BCUT2D eigenvalue weighted by atomic mass is 9.85. The molecule has 0 saturated carbocycles. The molecule has 3 amide bonds. The lowest BCUT2D eigenvalue weighted by Gasteiger charge is -2.18. The maximum Gasteiger partial charge on any atom is 0.270 e. The van der Waals surface area contributed by atoms with Crippen LogP contribution in [0, 0.1) is 11.8 Å². The van der Waals surface area contributed by atoms with E-state index in [0.29, 0.717) is 0 Å². The summed E-state index contributed by atoms with van der Waals surface area (Å²) in [6.45, 7) is 0. The highest BCUT2D eigenvalue weighted by Crippen LogP contribution is 2.44. The minimum Gasteiger partial charge on any atom is -0.508 e. The first-order valence-corrected chi connectivity index (χ1v) is 6.88. The van der Waals surface area contributed by atoms with Gasteiger partial charge < -0.3 is 9.84 Å². The third-order valence-corrected chi connectivity index (χ3v) is 4.23. The molecular weight excluding hydrogens is 288 g/mol. The molecule has 2 N–H and O–H groups in total. The highest BCUT2D eigenvalue weighted by Gasteiger charge is 2.61. The summed E-state index contributed by atoms with van der Waals surface area (Å²) in [5.41, 5.74) is 2.48. The van der Waals surface area contributed by atoms with Gasteiger partial charge in [-0.25, -0.2) is 0 Å². The number of phenols is 1. The van der Waals surface area contributed by atoms with E-state index in [2.05, 4.69) is 5.43 Å². The summed E-state index contributed by atoms with van der Waals surface area (Å²) in [6.07, 6.45) is 2.76. The van der Waals surface area contributed by atoms with Crippen LogP contribution in [0.3, 0.4) is 0 Å². The minimum atomic E-state index is -0.626. The SMILES string of the molecule is O=C(NN1C(=O)[C@H]2[C@H](C1=O)[C@H]1C=C[C@@H]2O1)c1cccc(O)c1. The van der Waals surface area contributed by atoms with Crippen LogP contribution in [-0.2, 0) is 14.3 Å². The molecule has 1 aromatic carbocycles. The van der Waals surface area contributed by atoms with Gasteiger partial charge in [0.05, 0.1) is 24.0 Å². The number of carbonyl (C=O) groups is 3. The molecule has 0 aliphatic carbocycles. The van der Waals surface area contributed by atoms with E-state index in [0.717, 1.165) is 5.01 Å². The van der Waals surface area contributed by atoms with Gasteiger partial charge >= 0.3 is 0 Å². The first-order chi connectivity index (χ1) is 10.6. The summed E-state index contributed by atoms with van der Waals surface area (Å²) in [7, 11) is 0. The molecule has 4 rings (SSSR count). The number of ether oxygens (including phenoxy) is 1. The van der Waals surface area contributed by atoms with Crippen molar-refractivity contribution in [1.29, 1.82) is 0 Å². The summed E-state index contributed by atoms with van der Waals surface area (Å²) in [6, 6.07) is 5.67. The average Bonchev–Trinajstić information content (AvgIpc) is 3.17. The van der Waals surface area contributed by atoms with E-state index in [-0.39, 0.29) is 11.3 Å². The quantitative estimate of drug-likeness (QED) is 0.591. The normalized spacial score (nSPS) is 31.7. The van der Waals surface area contributed by atoms with E-state index >= 15 is 0 Å². The van der Waals surface area contributed by atoms with Gasteiger partial charge in [0.25, 0.3) is 17.7 Å². The number of amides is 3. The first-order valence-electron chi connectivity index (χ1n) is 6.88. The van der Waals surface area contributed by atoms with Gasteiger partial charge in [-0.15, -0.1) is 0 Å². The topological polar surface area (TPSA) is 95.9 Å². The summed E-state index contributed by atoms with van der Waals surface area (Å²) in [4.78, 5) is 36.8. The molecule has 2 fully saturated rings. The fourth-order valence-corrected chi connectivity index (χ4v) is 3.23. The lowest BCUT2D eigenvalue weighted by Crippen LogP contribution is -2.47. The number of nitrogens with one attached hydrogen (secondary N) is 1. The van der Waals surface area contributed by atoms with E-state index in [4.69, 9.17) is 4.74 Å². The van der Waals surface area contributed by atoms with E-state index in [9.17, 15) is 19.5 Å². The molecule has 0 radical (unpaired) electrons. The van der Waals surface area contributed by atoms with Crippen molar-refractivity contribution in [2.24, 2.45) is 11.8 Å². The van der Waals surface area contributed by atoms with Crippen molar-refractivity contribution in [2.75, 3.05) is 0 Å². The van der Waals surface area contributed by atoms with Gasteiger partial charge in [0.15, 0.2) is 0 Å². The monoisotopic (exact) mass is 300 g/mol. The van der Waals surface area contributed by atoms with E-state index in [1.54, 1.807) is 12.2 Å². The highest BCUT2D eigenvalue weighted by atomic mass is 16.5. The number of rotatable bonds is 2. The Hall–Kier alpha value is -2.67.